The van der Waals surface area contributed by atoms with Gasteiger partial charge in [0.1, 0.15) is 11.6 Å². The molecule has 0 fully saturated rings. The van der Waals surface area contributed by atoms with Crippen molar-refractivity contribution in [3.8, 4) is 0 Å². The van der Waals surface area contributed by atoms with Gasteiger partial charge in [-0.25, -0.2) is 8.78 Å². The molecule has 2 rings (SSSR count). The van der Waals surface area contributed by atoms with E-state index in [2.05, 4.69) is 5.32 Å². The summed E-state index contributed by atoms with van der Waals surface area (Å²) >= 11 is 6.06. The van der Waals surface area contributed by atoms with Crippen molar-refractivity contribution in [1.82, 2.24) is 5.32 Å². The lowest BCUT2D eigenvalue weighted by molar-refractivity contribution is 0.529. The molecule has 0 aliphatic carbocycles. The van der Waals surface area contributed by atoms with E-state index in [1.807, 2.05) is 14.0 Å². The summed E-state index contributed by atoms with van der Waals surface area (Å²) in [6, 6.07) is 9.39. The maximum absolute atomic E-state index is 13.9. The quantitative estimate of drug-likeness (QED) is 0.868. The Morgan fingerprint density at radius 3 is 2.57 bits per heavy atom. The van der Waals surface area contributed by atoms with Gasteiger partial charge in [0.15, 0.2) is 0 Å². The first kappa shape index (κ1) is 15.9. The zero-order valence-electron chi connectivity index (χ0n) is 12.1. The van der Waals surface area contributed by atoms with Gasteiger partial charge in [-0.05, 0) is 62.2 Å². The number of halogens is 3. The number of likely N-dealkylation sites (N-methyl/N-ethyl adjacent to an activating group) is 1. The highest BCUT2D eigenvalue weighted by Gasteiger charge is 2.15. The fourth-order valence-corrected chi connectivity index (χ4v) is 2.62. The second kappa shape index (κ2) is 7.01. The predicted octanol–water partition coefficient (Wildman–Crippen LogP) is 4.30. The third-order valence-electron chi connectivity index (χ3n) is 3.70. The number of hydrogen-bond donors (Lipinski definition) is 1. The third kappa shape index (κ3) is 4.02. The third-order valence-corrected chi connectivity index (χ3v) is 4.05. The zero-order valence-corrected chi connectivity index (χ0v) is 12.8. The molecule has 1 unspecified atom stereocenters. The van der Waals surface area contributed by atoms with Gasteiger partial charge in [-0.15, -0.1) is 0 Å². The van der Waals surface area contributed by atoms with Gasteiger partial charge in [0.25, 0.3) is 0 Å². The highest BCUT2D eigenvalue weighted by atomic mass is 35.5. The summed E-state index contributed by atoms with van der Waals surface area (Å²) in [6.07, 6.45) is 1.07. The molecular weight excluding hydrogens is 292 g/mol. The van der Waals surface area contributed by atoms with Crippen molar-refractivity contribution in [2.24, 2.45) is 0 Å². The molecule has 0 spiro atoms. The Hall–Kier alpha value is -1.45. The van der Waals surface area contributed by atoms with Crippen LogP contribution in [0.3, 0.4) is 0 Å². The molecule has 112 valence electrons. The van der Waals surface area contributed by atoms with Crippen molar-refractivity contribution in [2.45, 2.75) is 25.8 Å². The van der Waals surface area contributed by atoms with Crippen LogP contribution in [-0.2, 0) is 12.8 Å². The average molecular weight is 310 g/mol. The van der Waals surface area contributed by atoms with Crippen LogP contribution in [0.2, 0.25) is 5.02 Å². The maximum Gasteiger partial charge on any atom is 0.127 e. The molecule has 1 atom stereocenters. The van der Waals surface area contributed by atoms with Crippen LogP contribution in [0.1, 0.15) is 16.7 Å². The minimum Gasteiger partial charge on any atom is -0.316 e. The minimum absolute atomic E-state index is 0.0140. The largest absolute Gasteiger partial charge is 0.316 e. The molecule has 0 heterocycles. The average Bonchev–Trinajstić information content (AvgIpc) is 2.45. The second-order valence-electron chi connectivity index (χ2n) is 5.16. The van der Waals surface area contributed by atoms with Crippen molar-refractivity contribution < 1.29 is 8.78 Å². The Kier molecular flexibility index (Phi) is 5.32. The van der Waals surface area contributed by atoms with E-state index < -0.39 is 0 Å². The summed E-state index contributed by atoms with van der Waals surface area (Å²) in [5.41, 5.74) is 2.44. The summed E-state index contributed by atoms with van der Waals surface area (Å²) in [5.74, 6) is -0.562. The van der Waals surface area contributed by atoms with E-state index in [0.717, 1.165) is 11.1 Å². The zero-order chi connectivity index (χ0) is 15.4. The van der Waals surface area contributed by atoms with E-state index in [4.69, 9.17) is 11.6 Å². The van der Waals surface area contributed by atoms with E-state index in [0.29, 0.717) is 23.4 Å². The first-order valence-corrected chi connectivity index (χ1v) is 7.24. The summed E-state index contributed by atoms with van der Waals surface area (Å²) in [5, 5.41) is 3.57. The molecule has 0 aliphatic heterocycles. The van der Waals surface area contributed by atoms with Gasteiger partial charge in [0.05, 0.1) is 0 Å². The fourth-order valence-electron chi connectivity index (χ4n) is 2.38. The molecule has 0 amide bonds. The molecule has 1 N–H and O–H groups in total. The molecule has 0 saturated heterocycles. The van der Waals surface area contributed by atoms with Crippen LogP contribution in [-0.4, -0.2) is 13.1 Å². The lowest BCUT2D eigenvalue weighted by atomic mass is 9.96. The Morgan fingerprint density at radius 2 is 1.90 bits per heavy atom. The maximum atomic E-state index is 13.9. The molecule has 0 aromatic heterocycles. The van der Waals surface area contributed by atoms with Gasteiger partial charge in [-0.3, -0.25) is 0 Å². The molecular formula is C17H18ClF2N. The van der Waals surface area contributed by atoms with Gasteiger partial charge in [0.2, 0.25) is 0 Å². The van der Waals surface area contributed by atoms with Crippen LogP contribution >= 0.6 is 11.6 Å². The monoisotopic (exact) mass is 309 g/mol. The van der Waals surface area contributed by atoms with Crippen molar-refractivity contribution >= 4 is 11.6 Å². The van der Waals surface area contributed by atoms with Gasteiger partial charge in [-0.1, -0.05) is 23.7 Å². The first-order valence-electron chi connectivity index (χ1n) is 6.86. The van der Waals surface area contributed by atoms with Gasteiger partial charge >= 0.3 is 0 Å². The molecule has 21 heavy (non-hydrogen) atoms. The van der Waals surface area contributed by atoms with Crippen LogP contribution in [0, 0.1) is 18.6 Å². The minimum atomic E-state index is -0.307. The summed E-state index contributed by atoms with van der Waals surface area (Å²) < 4.78 is 27.2. The van der Waals surface area contributed by atoms with Crippen molar-refractivity contribution in [1.29, 1.82) is 0 Å². The van der Waals surface area contributed by atoms with Crippen molar-refractivity contribution in [3.05, 3.63) is 69.7 Å². The Bertz CT molecular complexity index is 608. The Balaban J connectivity index is 2.19. The summed E-state index contributed by atoms with van der Waals surface area (Å²) in [6.45, 7) is 1.94. The number of rotatable bonds is 5. The van der Waals surface area contributed by atoms with Gasteiger partial charge in [-0.2, -0.15) is 0 Å². The van der Waals surface area contributed by atoms with Gasteiger partial charge < -0.3 is 5.32 Å². The van der Waals surface area contributed by atoms with E-state index in [-0.39, 0.29) is 17.7 Å². The summed E-state index contributed by atoms with van der Waals surface area (Å²) in [4.78, 5) is 0. The summed E-state index contributed by atoms with van der Waals surface area (Å²) in [7, 11) is 1.81. The van der Waals surface area contributed by atoms with Crippen LogP contribution in [0.4, 0.5) is 8.78 Å². The highest BCUT2D eigenvalue weighted by Crippen LogP contribution is 2.22. The molecule has 0 saturated carbocycles. The topological polar surface area (TPSA) is 12.0 Å². The molecule has 2 aromatic carbocycles. The van der Waals surface area contributed by atoms with Crippen LogP contribution in [0.25, 0.3) is 0 Å². The molecule has 0 radical (unpaired) electrons. The second-order valence-corrected chi connectivity index (χ2v) is 5.57. The Morgan fingerprint density at radius 1 is 1.14 bits per heavy atom. The predicted molar refractivity (Wildman–Crippen MR) is 82.8 cm³/mol. The lowest BCUT2D eigenvalue weighted by Gasteiger charge is -2.19. The van der Waals surface area contributed by atoms with Gasteiger partial charge in [0, 0.05) is 16.6 Å². The van der Waals surface area contributed by atoms with E-state index in [1.165, 1.54) is 18.2 Å². The number of hydrogen-bond acceptors (Lipinski definition) is 1. The number of nitrogens with one attached hydrogen (secondary N) is 1. The number of benzene rings is 2. The molecule has 2 aromatic rings. The molecule has 0 aliphatic rings. The van der Waals surface area contributed by atoms with Crippen LogP contribution in [0.15, 0.2) is 36.4 Å². The smallest absolute Gasteiger partial charge is 0.127 e. The number of aryl methyl sites for hydroxylation is 1. The first-order chi connectivity index (χ1) is 10.0. The van der Waals surface area contributed by atoms with E-state index >= 15 is 0 Å². The van der Waals surface area contributed by atoms with Crippen LogP contribution in [0.5, 0.6) is 0 Å². The van der Waals surface area contributed by atoms with Crippen molar-refractivity contribution in [3.63, 3.8) is 0 Å². The SMILES string of the molecule is CNC(Cc1cc(F)ccc1C)Cc1c(F)cccc1Cl. The highest BCUT2D eigenvalue weighted by molar-refractivity contribution is 6.31. The fraction of sp³-hybridized carbons (Fsp3) is 0.294. The normalized spacial score (nSPS) is 12.4. The molecule has 4 heteroatoms. The molecule has 0 bridgehead atoms. The van der Waals surface area contributed by atoms with Crippen LogP contribution < -0.4 is 5.32 Å². The standard InChI is InChI=1S/C17H18ClF2N/c1-11-6-7-13(19)8-12(11)9-14(21-2)10-15-16(18)4-3-5-17(15)20/h3-8,14,21H,9-10H2,1-2H3. The molecule has 1 nitrogen and oxygen atoms in total. The lowest BCUT2D eigenvalue weighted by Crippen LogP contribution is -2.30. The Labute approximate surface area is 128 Å². The van der Waals surface area contributed by atoms with Crippen molar-refractivity contribution in [2.75, 3.05) is 7.05 Å². The van der Waals surface area contributed by atoms with E-state index in [1.54, 1.807) is 18.2 Å². The van der Waals surface area contributed by atoms with E-state index in [9.17, 15) is 8.78 Å².